The van der Waals surface area contributed by atoms with Crippen LogP contribution in [-0.2, 0) is 0 Å². The predicted octanol–water partition coefficient (Wildman–Crippen LogP) is 4.13. The Hall–Kier alpha value is -2.61. The average molecular weight is 404 g/mol. The van der Waals surface area contributed by atoms with Crippen LogP contribution in [0.5, 0.6) is 5.75 Å². The van der Waals surface area contributed by atoms with Gasteiger partial charge in [0, 0.05) is 34.3 Å². The Morgan fingerprint density at radius 1 is 1.32 bits per heavy atom. The number of ether oxygens (including phenoxy) is 1. The van der Waals surface area contributed by atoms with Crippen LogP contribution in [-0.4, -0.2) is 16.7 Å². The van der Waals surface area contributed by atoms with Crippen LogP contribution < -0.4 is 15.0 Å². The third kappa shape index (κ3) is 2.53. The van der Waals surface area contributed by atoms with E-state index in [1.54, 1.807) is 11.0 Å². The van der Waals surface area contributed by atoms with Gasteiger partial charge in [-0.2, -0.15) is 0 Å². The number of rotatable bonds is 2. The highest BCUT2D eigenvalue weighted by atomic mass is 79.9. The minimum Gasteiger partial charge on any atom is -0.467 e. The normalized spacial score (nSPS) is 24.2. The molecule has 2 atom stereocenters. The van der Waals surface area contributed by atoms with Gasteiger partial charge >= 0.3 is 6.03 Å². The number of hydrogen-bond donors (Lipinski definition) is 1. The molecular weight excluding hydrogens is 390 g/mol. The number of fused-ring (bicyclic) bond motifs is 4. The third-order valence-electron chi connectivity index (χ3n) is 4.55. The van der Waals surface area contributed by atoms with E-state index in [1.165, 1.54) is 12.1 Å². The molecule has 2 aromatic rings. The van der Waals surface area contributed by atoms with Gasteiger partial charge in [0.2, 0.25) is 0 Å². The van der Waals surface area contributed by atoms with Gasteiger partial charge in [0.1, 0.15) is 5.75 Å². The highest BCUT2D eigenvalue weighted by molar-refractivity contribution is 9.10. The highest BCUT2D eigenvalue weighted by Gasteiger charge is 2.50. The Bertz CT molecular complexity index is 886. The average Bonchev–Trinajstić information content (AvgIpc) is 2.55. The number of nitro groups is 1. The standard InChI is InChI=1S/C17H14BrN3O4/c1-17-9-14(13-8-12(21(23)24)6-7-15(13)25-17)19-16(22)20(17)11-4-2-10(18)3-5-11/h2-8,14H,9H2,1H3,(H,19,22)/t14-,17+/m1/s1. The van der Waals surface area contributed by atoms with E-state index in [4.69, 9.17) is 4.74 Å². The summed E-state index contributed by atoms with van der Waals surface area (Å²) in [6, 6.07) is 11.2. The van der Waals surface area contributed by atoms with Crippen molar-refractivity contribution < 1.29 is 14.5 Å². The molecule has 25 heavy (non-hydrogen) atoms. The lowest BCUT2D eigenvalue weighted by atomic mass is 9.90. The van der Waals surface area contributed by atoms with Crippen LogP contribution >= 0.6 is 15.9 Å². The maximum Gasteiger partial charge on any atom is 0.325 e. The number of amides is 2. The molecule has 0 saturated carbocycles. The number of nitrogens with one attached hydrogen (secondary N) is 1. The monoisotopic (exact) mass is 403 g/mol. The van der Waals surface area contributed by atoms with Crippen molar-refractivity contribution in [1.82, 2.24) is 5.32 Å². The van der Waals surface area contributed by atoms with E-state index >= 15 is 0 Å². The second-order valence-corrected chi connectivity index (χ2v) is 7.19. The molecule has 2 aliphatic rings. The topological polar surface area (TPSA) is 84.7 Å². The van der Waals surface area contributed by atoms with Crippen molar-refractivity contribution in [3.63, 3.8) is 0 Å². The Labute approximate surface area is 151 Å². The van der Waals surface area contributed by atoms with Crippen LogP contribution in [0.15, 0.2) is 46.9 Å². The van der Waals surface area contributed by atoms with Crippen LogP contribution in [0.3, 0.4) is 0 Å². The lowest BCUT2D eigenvalue weighted by Gasteiger charge is -2.50. The number of nitrogens with zero attached hydrogens (tertiary/aromatic N) is 2. The molecule has 1 fully saturated rings. The number of urea groups is 1. The van der Waals surface area contributed by atoms with Crippen molar-refractivity contribution in [3.8, 4) is 5.75 Å². The molecule has 2 amide bonds. The van der Waals surface area contributed by atoms with Crippen LogP contribution in [0.4, 0.5) is 16.2 Å². The molecule has 0 aliphatic carbocycles. The Morgan fingerprint density at radius 2 is 2.04 bits per heavy atom. The van der Waals surface area contributed by atoms with Gasteiger partial charge in [0.25, 0.3) is 5.69 Å². The van der Waals surface area contributed by atoms with Gasteiger partial charge in [0.15, 0.2) is 5.72 Å². The van der Waals surface area contributed by atoms with E-state index in [1.807, 2.05) is 31.2 Å². The molecule has 0 radical (unpaired) electrons. The van der Waals surface area contributed by atoms with E-state index < -0.39 is 10.6 Å². The summed E-state index contributed by atoms with van der Waals surface area (Å²) in [5, 5.41) is 13.9. The first-order chi connectivity index (χ1) is 11.9. The second-order valence-electron chi connectivity index (χ2n) is 6.27. The molecule has 0 spiro atoms. The number of hydrogen-bond acceptors (Lipinski definition) is 4. The highest BCUT2D eigenvalue weighted by Crippen LogP contribution is 2.46. The molecule has 1 N–H and O–H groups in total. The largest absolute Gasteiger partial charge is 0.467 e. The van der Waals surface area contributed by atoms with Crippen molar-refractivity contribution >= 4 is 33.3 Å². The zero-order valence-corrected chi connectivity index (χ0v) is 14.8. The fourth-order valence-electron chi connectivity index (χ4n) is 3.46. The summed E-state index contributed by atoms with van der Waals surface area (Å²) in [6.07, 6.45) is 0.489. The Balaban J connectivity index is 1.77. The first-order valence-corrected chi connectivity index (χ1v) is 8.50. The molecule has 2 aliphatic heterocycles. The predicted molar refractivity (Wildman–Crippen MR) is 94.6 cm³/mol. The van der Waals surface area contributed by atoms with E-state index in [2.05, 4.69) is 21.2 Å². The van der Waals surface area contributed by atoms with Crippen LogP contribution in [0.1, 0.15) is 24.9 Å². The number of benzene rings is 2. The van der Waals surface area contributed by atoms with Crippen molar-refractivity contribution in [2.45, 2.75) is 25.1 Å². The van der Waals surface area contributed by atoms with Crippen molar-refractivity contribution in [1.29, 1.82) is 0 Å². The van der Waals surface area contributed by atoms with Gasteiger partial charge in [-0.1, -0.05) is 15.9 Å². The van der Waals surface area contributed by atoms with Gasteiger partial charge in [-0.05, 0) is 37.3 Å². The molecule has 0 unspecified atom stereocenters. The number of non-ortho nitro benzene ring substituents is 1. The zero-order valence-electron chi connectivity index (χ0n) is 13.2. The summed E-state index contributed by atoms with van der Waals surface area (Å²) in [5.41, 5.74) is 0.460. The Morgan fingerprint density at radius 3 is 2.72 bits per heavy atom. The van der Waals surface area contributed by atoms with Gasteiger partial charge in [-0.15, -0.1) is 0 Å². The van der Waals surface area contributed by atoms with Crippen LogP contribution in [0.2, 0.25) is 0 Å². The second kappa shape index (κ2) is 5.45. The molecule has 2 heterocycles. The summed E-state index contributed by atoms with van der Waals surface area (Å²) in [7, 11) is 0. The van der Waals surface area contributed by atoms with E-state index in [-0.39, 0.29) is 17.8 Å². The first-order valence-electron chi connectivity index (χ1n) is 7.71. The number of nitro benzene ring substituents is 1. The van der Waals surface area contributed by atoms with Gasteiger partial charge < -0.3 is 10.1 Å². The molecule has 2 bridgehead atoms. The molecule has 7 nitrogen and oxygen atoms in total. The fraction of sp³-hybridized carbons (Fsp3) is 0.235. The van der Waals surface area contributed by atoms with E-state index in [0.717, 1.165) is 4.47 Å². The Kier molecular flexibility index (Phi) is 3.47. The third-order valence-corrected chi connectivity index (χ3v) is 5.08. The molecule has 2 aromatic carbocycles. The molecule has 128 valence electrons. The lowest BCUT2D eigenvalue weighted by molar-refractivity contribution is -0.385. The minimum absolute atomic E-state index is 0.0180. The molecule has 8 heteroatoms. The summed E-state index contributed by atoms with van der Waals surface area (Å²) >= 11 is 3.39. The van der Waals surface area contributed by atoms with Crippen molar-refractivity contribution in [2.75, 3.05) is 4.90 Å². The van der Waals surface area contributed by atoms with Gasteiger partial charge in [-0.3, -0.25) is 15.0 Å². The van der Waals surface area contributed by atoms with Crippen molar-refractivity contribution in [3.05, 3.63) is 62.6 Å². The van der Waals surface area contributed by atoms with E-state index in [9.17, 15) is 14.9 Å². The van der Waals surface area contributed by atoms with Gasteiger partial charge in [-0.25, -0.2) is 4.79 Å². The molecule has 1 saturated heterocycles. The van der Waals surface area contributed by atoms with Gasteiger partial charge in [0.05, 0.1) is 11.0 Å². The smallest absolute Gasteiger partial charge is 0.325 e. The number of halogens is 1. The fourth-order valence-corrected chi connectivity index (χ4v) is 3.72. The number of anilines is 1. The summed E-state index contributed by atoms with van der Waals surface area (Å²) < 4.78 is 7.04. The van der Waals surface area contributed by atoms with Crippen LogP contribution in [0.25, 0.3) is 0 Å². The molecule has 4 rings (SSSR count). The summed E-state index contributed by atoms with van der Waals surface area (Å²) in [5.74, 6) is 0.548. The molecular formula is C17H14BrN3O4. The quantitative estimate of drug-likeness (QED) is 0.603. The number of carbonyl (C=O) groups is 1. The molecule has 0 aromatic heterocycles. The SMILES string of the molecule is C[C@]12C[C@@H](NC(=O)N1c1ccc(Br)cc1)c1cc([N+](=O)[O-])ccc1O2. The summed E-state index contributed by atoms with van der Waals surface area (Å²) in [4.78, 5) is 24.9. The summed E-state index contributed by atoms with van der Waals surface area (Å²) in [6.45, 7) is 1.85. The van der Waals surface area contributed by atoms with Crippen LogP contribution in [0, 0.1) is 10.1 Å². The first kappa shape index (κ1) is 15.9. The number of carbonyl (C=O) groups excluding carboxylic acids is 1. The van der Waals surface area contributed by atoms with Crippen molar-refractivity contribution in [2.24, 2.45) is 0 Å². The lowest BCUT2D eigenvalue weighted by Crippen LogP contribution is -2.65. The minimum atomic E-state index is -0.871. The van der Waals surface area contributed by atoms with E-state index in [0.29, 0.717) is 23.4 Å². The maximum atomic E-state index is 12.7. The maximum absolute atomic E-state index is 12.7. The zero-order chi connectivity index (χ0) is 17.8.